The van der Waals surface area contributed by atoms with Crippen LogP contribution in [-0.4, -0.2) is 63.7 Å². The van der Waals surface area contributed by atoms with E-state index in [0.717, 1.165) is 32.5 Å². The third-order valence-electron chi connectivity index (χ3n) is 5.08. The molecule has 1 aromatic rings. The summed E-state index contributed by atoms with van der Waals surface area (Å²) < 4.78 is 1.84. The summed E-state index contributed by atoms with van der Waals surface area (Å²) in [5, 5.41) is 19.7. The molecule has 2 rings (SSSR count). The van der Waals surface area contributed by atoms with Gasteiger partial charge in [-0.3, -0.25) is 4.79 Å². The minimum atomic E-state index is -0.225. The van der Waals surface area contributed by atoms with E-state index in [9.17, 15) is 4.79 Å². The molecule has 0 unspecified atom stereocenters. The van der Waals surface area contributed by atoms with Gasteiger partial charge in [0.25, 0.3) is 5.91 Å². The van der Waals surface area contributed by atoms with E-state index in [0.29, 0.717) is 30.6 Å². The minimum Gasteiger partial charge on any atom is -0.396 e. The fourth-order valence-corrected chi connectivity index (χ4v) is 3.49. The van der Waals surface area contributed by atoms with Gasteiger partial charge in [0.1, 0.15) is 0 Å². The Morgan fingerprint density at radius 2 is 2.15 bits per heavy atom. The minimum absolute atomic E-state index is 0.0686. The number of piperidine rings is 1. The molecule has 0 radical (unpaired) electrons. The topological polar surface area (TPSA) is 83.3 Å². The van der Waals surface area contributed by atoms with Crippen molar-refractivity contribution in [3.8, 4) is 0 Å². The SMILES string of the molecule is CC(C)=CCC[C@H](C)CN1CCC(n2cc(C(=O)NCCCO)nn2)CC1. The zero-order valence-electron chi connectivity index (χ0n) is 17.0. The first-order chi connectivity index (χ1) is 13.0. The lowest BCUT2D eigenvalue weighted by molar-refractivity contribution is 0.0946. The summed E-state index contributed by atoms with van der Waals surface area (Å²) in [6.07, 6.45) is 9.10. The number of likely N-dealkylation sites (tertiary alicyclic amines) is 1. The quantitative estimate of drug-likeness (QED) is 0.483. The summed E-state index contributed by atoms with van der Waals surface area (Å²) in [5.41, 5.74) is 1.75. The number of allylic oxidation sites excluding steroid dienone is 2. The van der Waals surface area contributed by atoms with E-state index in [4.69, 9.17) is 5.11 Å². The van der Waals surface area contributed by atoms with E-state index in [1.807, 2.05) is 4.68 Å². The summed E-state index contributed by atoms with van der Waals surface area (Å²) in [5.74, 6) is 0.482. The highest BCUT2D eigenvalue weighted by Crippen LogP contribution is 2.23. The van der Waals surface area contributed by atoms with Crippen LogP contribution in [0.3, 0.4) is 0 Å². The molecule has 1 atom stereocenters. The third-order valence-corrected chi connectivity index (χ3v) is 5.08. The zero-order chi connectivity index (χ0) is 19.6. The van der Waals surface area contributed by atoms with Crippen LogP contribution >= 0.6 is 0 Å². The maximum absolute atomic E-state index is 12.0. The highest BCUT2D eigenvalue weighted by molar-refractivity contribution is 5.91. The molecule has 0 aromatic carbocycles. The molecule has 1 saturated heterocycles. The number of aliphatic hydroxyl groups is 1. The van der Waals surface area contributed by atoms with Gasteiger partial charge in [0, 0.05) is 32.8 Å². The average molecular weight is 378 g/mol. The van der Waals surface area contributed by atoms with E-state index >= 15 is 0 Å². The van der Waals surface area contributed by atoms with E-state index in [1.165, 1.54) is 18.4 Å². The van der Waals surface area contributed by atoms with Crippen LogP contribution in [0.4, 0.5) is 0 Å². The van der Waals surface area contributed by atoms with Gasteiger partial charge in [-0.15, -0.1) is 5.10 Å². The molecule has 0 spiro atoms. The molecule has 0 bridgehead atoms. The number of hydrogen-bond acceptors (Lipinski definition) is 5. The molecule has 1 aromatic heterocycles. The lowest BCUT2D eigenvalue weighted by Gasteiger charge is -2.33. The normalized spacial score (nSPS) is 16.9. The van der Waals surface area contributed by atoms with Crippen LogP contribution < -0.4 is 5.32 Å². The number of nitrogens with zero attached hydrogens (tertiary/aromatic N) is 4. The van der Waals surface area contributed by atoms with Crippen LogP contribution in [0.5, 0.6) is 0 Å². The average Bonchev–Trinajstić information content (AvgIpc) is 3.12. The van der Waals surface area contributed by atoms with Crippen LogP contribution in [-0.2, 0) is 0 Å². The highest BCUT2D eigenvalue weighted by Gasteiger charge is 2.23. The van der Waals surface area contributed by atoms with E-state index in [1.54, 1.807) is 6.20 Å². The van der Waals surface area contributed by atoms with Gasteiger partial charge in [0.2, 0.25) is 0 Å². The summed E-state index contributed by atoms with van der Waals surface area (Å²) >= 11 is 0. The molecule has 27 heavy (non-hydrogen) atoms. The van der Waals surface area contributed by atoms with Crippen LogP contribution in [0, 0.1) is 5.92 Å². The molecule has 0 aliphatic carbocycles. The Bertz CT molecular complexity index is 601. The fourth-order valence-electron chi connectivity index (χ4n) is 3.49. The van der Waals surface area contributed by atoms with Crippen molar-refractivity contribution in [2.24, 2.45) is 5.92 Å². The molecule has 1 fully saturated rings. The van der Waals surface area contributed by atoms with Crippen LogP contribution in [0.2, 0.25) is 0 Å². The predicted octanol–water partition coefficient (Wildman–Crippen LogP) is 2.41. The van der Waals surface area contributed by atoms with Crippen molar-refractivity contribution in [1.29, 1.82) is 0 Å². The number of nitrogens with one attached hydrogen (secondary N) is 1. The highest BCUT2D eigenvalue weighted by atomic mass is 16.3. The Morgan fingerprint density at radius 3 is 2.81 bits per heavy atom. The van der Waals surface area contributed by atoms with Gasteiger partial charge in [-0.05, 0) is 51.9 Å². The number of hydrogen-bond donors (Lipinski definition) is 2. The number of carbonyl (C=O) groups is 1. The number of aromatic nitrogens is 3. The van der Waals surface area contributed by atoms with Crippen molar-refractivity contribution in [2.75, 3.05) is 32.8 Å². The molecule has 152 valence electrons. The number of amides is 1. The maximum Gasteiger partial charge on any atom is 0.273 e. The van der Waals surface area contributed by atoms with Crippen molar-refractivity contribution >= 4 is 5.91 Å². The molecule has 2 heterocycles. The van der Waals surface area contributed by atoms with E-state index in [2.05, 4.69) is 47.4 Å². The summed E-state index contributed by atoms with van der Waals surface area (Å²) in [4.78, 5) is 14.5. The van der Waals surface area contributed by atoms with Crippen molar-refractivity contribution in [3.05, 3.63) is 23.5 Å². The molecule has 7 heteroatoms. The smallest absolute Gasteiger partial charge is 0.273 e. The molecular weight excluding hydrogens is 342 g/mol. The first kappa shape index (κ1) is 21.6. The van der Waals surface area contributed by atoms with Crippen LogP contribution in [0.15, 0.2) is 17.8 Å². The Balaban J connectivity index is 1.74. The Morgan fingerprint density at radius 1 is 1.41 bits per heavy atom. The summed E-state index contributed by atoms with van der Waals surface area (Å²) in [6, 6.07) is 0.314. The number of aliphatic hydroxyl groups excluding tert-OH is 1. The second kappa shape index (κ2) is 11.2. The van der Waals surface area contributed by atoms with Crippen molar-refractivity contribution in [3.63, 3.8) is 0 Å². The van der Waals surface area contributed by atoms with Gasteiger partial charge >= 0.3 is 0 Å². The molecule has 1 aliphatic heterocycles. The Labute approximate surface area is 162 Å². The van der Waals surface area contributed by atoms with Gasteiger partial charge in [0.05, 0.1) is 12.2 Å². The number of carbonyl (C=O) groups excluding carboxylic acids is 1. The van der Waals surface area contributed by atoms with Crippen LogP contribution in [0.25, 0.3) is 0 Å². The molecule has 2 N–H and O–H groups in total. The largest absolute Gasteiger partial charge is 0.396 e. The van der Waals surface area contributed by atoms with Crippen molar-refractivity contribution < 1.29 is 9.90 Å². The molecular formula is C20H35N5O2. The van der Waals surface area contributed by atoms with Crippen molar-refractivity contribution in [2.45, 2.75) is 58.9 Å². The third kappa shape index (κ3) is 7.42. The molecule has 7 nitrogen and oxygen atoms in total. The van der Waals surface area contributed by atoms with Gasteiger partial charge in [-0.25, -0.2) is 4.68 Å². The zero-order valence-corrected chi connectivity index (χ0v) is 17.0. The maximum atomic E-state index is 12.0. The van der Waals surface area contributed by atoms with Gasteiger partial charge in [-0.1, -0.05) is 23.8 Å². The van der Waals surface area contributed by atoms with Crippen molar-refractivity contribution in [1.82, 2.24) is 25.2 Å². The predicted molar refractivity (Wildman–Crippen MR) is 107 cm³/mol. The first-order valence-electron chi connectivity index (χ1n) is 10.2. The Hall–Kier alpha value is -1.73. The van der Waals surface area contributed by atoms with Gasteiger partial charge < -0.3 is 15.3 Å². The van der Waals surface area contributed by atoms with Gasteiger partial charge in [0.15, 0.2) is 5.69 Å². The summed E-state index contributed by atoms with van der Waals surface area (Å²) in [6.45, 7) is 10.5. The summed E-state index contributed by atoms with van der Waals surface area (Å²) in [7, 11) is 0. The fraction of sp³-hybridized carbons (Fsp3) is 0.750. The van der Waals surface area contributed by atoms with E-state index in [-0.39, 0.29) is 12.5 Å². The Kier molecular flexibility index (Phi) is 8.94. The lowest BCUT2D eigenvalue weighted by atomic mass is 10.0. The van der Waals surface area contributed by atoms with E-state index < -0.39 is 0 Å². The first-order valence-corrected chi connectivity index (χ1v) is 10.2. The monoisotopic (exact) mass is 377 g/mol. The molecule has 1 amide bonds. The molecule has 0 saturated carbocycles. The standard InChI is InChI=1S/C20H35N5O2/c1-16(2)6-4-7-17(3)14-24-11-8-18(9-12-24)25-15-19(22-23-25)20(27)21-10-5-13-26/h6,15,17-18,26H,4-5,7-14H2,1-3H3,(H,21,27)/t17-/m0/s1. The molecule has 1 aliphatic rings. The van der Waals surface area contributed by atoms with Gasteiger partial charge in [-0.2, -0.15) is 0 Å². The van der Waals surface area contributed by atoms with Crippen LogP contribution in [0.1, 0.15) is 69.4 Å². The number of rotatable bonds is 10. The second-order valence-corrected chi connectivity index (χ2v) is 7.91. The second-order valence-electron chi connectivity index (χ2n) is 7.91. The lowest BCUT2D eigenvalue weighted by Crippen LogP contribution is -2.37.